The molecule has 3 nitrogen and oxygen atoms in total. The number of hydrogen-bond donors (Lipinski definition) is 3. The maximum absolute atomic E-state index is 14.7. The first kappa shape index (κ1) is 22.7. The third-order valence-corrected chi connectivity index (χ3v) is 6.95. The van der Waals surface area contributed by atoms with Gasteiger partial charge in [-0.1, -0.05) is 30.3 Å². The van der Waals surface area contributed by atoms with Gasteiger partial charge in [0.05, 0.1) is 11.1 Å². The fourth-order valence-corrected chi connectivity index (χ4v) is 5.04. The van der Waals surface area contributed by atoms with Crippen molar-refractivity contribution in [3.05, 3.63) is 94.9 Å². The van der Waals surface area contributed by atoms with Crippen LogP contribution in [0, 0.1) is 17.5 Å². The molecular weight excluding hydrogens is 437 g/mol. The highest BCUT2D eigenvalue weighted by Gasteiger charge is 2.27. The Morgan fingerprint density at radius 1 is 0.941 bits per heavy atom. The predicted octanol–water partition coefficient (Wildman–Crippen LogP) is 6.34. The number of H-pyrrole nitrogens is 1. The van der Waals surface area contributed by atoms with E-state index in [1.807, 2.05) is 0 Å². The molecule has 3 aromatic carbocycles. The SMILES string of the molecule is CC(O)(CCCC1Cc2[nH]c3c(F)ccc(-c4ccc(F)cc4)c3c2CN1)c1ccc(F)cc1. The summed E-state index contributed by atoms with van der Waals surface area (Å²) in [5.41, 5.74) is 3.94. The number of aliphatic hydroxyl groups is 1. The van der Waals surface area contributed by atoms with Gasteiger partial charge in [-0.15, -0.1) is 0 Å². The van der Waals surface area contributed by atoms with E-state index in [9.17, 15) is 18.3 Å². The van der Waals surface area contributed by atoms with Gasteiger partial charge in [-0.05, 0) is 78.8 Å². The molecule has 5 rings (SSSR count). The van der Waals surface area contributed by atoms with Crippen molar-refractivity contribution >= 4 is 10.9 Å². The van der Waals surface area contributed by atoms with Crippen molar-refractivity contribution in [3.63, 3.8) is 0 Å². The summed E-state index contributed by atoms with van der Waals surface area (Å²) in [5, 5.41) is 15.2. The minimum Gasteiger partial charge on any atom is -0.385 e. The summed E-state index contributed by atoms with van der Waals surface area (Å²) < 4.78 is 41.3. The van der Waals surface area contributed by atoms with Crippen LogP contribution >= 0.6 is 0 Å². The number of nitrogens with one attached hydrogen (secondary N) is 2. The van der Waals surface area contributed by atoms with E-state index in [0.717, 1.165) is 47.0 Å². The summed E-state index contributed by atoms with van der Waals surface area (Å²) in [6.45, 7) is 2.36. The van der Waals surface area contributed by atoms with Crippen LogP contribution in [-0.2, 0) is 18.6 Å². The Labute approximate surface area is 196 Å². The molecule has 1 aromatic heterocycles. The molecule has 0 saturated heterocycles. The minimum absolute atomic E-state index is 0.196. The molecule has 0 bridgehead atoms. The third-order valence-electron chi connectivity index (χ3n) is 6.95. The largest absolute Gasteiger partial charge is 0.385 e. The average molecular weight is 465 g/mol. The van der Waals surface area contributed by atoms with Crippen LogP contribution in [0.2, 0.25) is 0 Å². The Morgan fingerprint density at radius 3 is 2.32 bits per heavy atom. The molecule has 2 unspecified atom stereocenters. The molecule has 6 heteroatoms. The van der Waals surface area contributed by atoms with Crippen molar-refractivity contribution in [2.45, 2.75) is 50.8 Å². The molecule has 0 radical (unpaired) electrons. The molecule has 1 aliphatic heterocycles. The van der Waals surface area contributed by atoms with E-state index in [1.165, 1.54) is 30.3 Å². The first-order chi connectivity index (χ1) is 16.3. The highest BCUT2D eigenvalue weighted by Crippen LogP contribution is 2.37. The highest BCUT2D eigenvalue weighted by atomic mass is 19.1. The second-order valence-corrected chi connectivity index (χ2v) is 9.39. The molecule has 2 heterocycles. The van der Waals surface area contributed by atoms with Gasteiger partial charge in [0, 0.05) is 30.1 Å². The number of fused-ring (bicyclic) bond motifs is 3. The smallest absolute Gasteiger partial charge is 0.147 e. The van der Waals surface area contributed by atoms with E-state index in [0.29, 0.717) is 24.0 Å². The van der Waals surface area contributed by atoms with E-state index >= 15 is 0 Å². The molecule has 3 N–H and O–H groups in total. The fraction of sp³-hybridized carbons (Fsp3) is 0.286. The summed E-state index contributed by atoms with van der Waals surface area (Å²) in [4.78, 5) is 3.30. The van der Waals surface area contributed by atoms with Crippen LogP contribution in [-0.4, -0.2) is 16.1 Å². The molecule has 0 spiro atoms. The Bertz CT molecular complexity index is 1310. The zero-order valence-corrected chi connectivity index (χ0v) is 19.0. The molecule has 0 aliphatic carbocycles. The molecular formula is C28H27F3N2O. The van der Waals surface area contributed by atoms with Crippen LogP contribution in [0.15, 0.2) is 60.7 Å². The topological polar surface area (TPSA) is 48.0 Å². The van der Waals surface area contributed by atoms with Gasteiger partial charge in [-0.2, -0.15) is 0 Å². The number of hydrogen-bond acceptors (Lipinski definition) is 2. The number of aromatic nitrogens is 1. The molecule has 1 aliphatic rings. The van der Waals surface area contributed by atoms with Crippen molar-refractivity contribution in [2.75, 3.05) is 0 Å². The normalized spacial score (nSPS) is 17.5. The van der Waals surface area contributed by atoms with Gasteiger partial charge in [-0.3, -0.25) is 0 Å². The quantitative estimate of drug-likeness (QED) is 0.312. The van der Waals surface area contributed by atoms with Crippen LogP contribution in [0.4, 0.5) is 13.2 Å². The van der Waals surface area contributed by atoms with E-state index in [1.54, 1.807) is 37.3 Å². The van der Waals surface area contributed by atoms with Gasteiger partial charge in [0.25, 0.3) is 0 Å². The average Bonchev–Trinajstić information content (AvgIpc) is 3.20. The molecule has 2 atom stereocenters. The lowest BCUT2D eigenvalue weighted by atomic mass is 9.88. The van der Waals surface area contributed by atoms with Crippen LogP contribution in [0.5, 0.6) is 0 Å². The molecule has 4 aromatic rings. The van der Waals surface area contributed by atoms with Crippen molar-refractivity contribution in [1.82, 2.24) is 10.3 Å². The van der Waals surface area contributed by atoms with Crippen LogP contribution in [0.25, 0.3) is 22.0 Å². The van der Waals surface area contributed by atoms with Gasteiger partial charge in [0.15, 0.2) is 0 Å². The highest BCUT2D eigenvalue weighted by molar-refractivity contribution is 5.99. The van der Waals surface area contributed by atoms with Crippen LogP contribution in [0.3, 0.4) is 0 Å². The minimum atomic E-state index is -1.03. The summed E-state index contributed by atoms with van der Waals surface area (Å²) in [7, 11) is 0. The van der Waals surface area contributed by atoms with E-state index in [-0.39, 0.29) is 23.5 Å². The second kappa shape index (κ2) is 8.93. The van der Waals surface area contributed by atoms with E-state index in [2.05, 4.69) is 10.3 Å². The van der Waals surface area contributed by atoms with Crippen LogP contribution < -0.4 is 5.32 Å². The number of aromatic amines is 1. The summed E-state index contributed by atoms with van der Waals surface area (Å²) in [6, 6.07) is 15.6. The maximum atomic E-state index is 14.7. The third kappa shape index (κ3) is 4.36. The van der Waals surface area contributed by atoms with Crippen molar-refractivity contribution in [3.8, 4) is 11.1 Å². The predicted molar refractivity (Wildman–Crippen MR) is 128 cm³/mol. The Hall–Kier alpha value is -3.09. The standard InChI is InChI=1S/C28H27F3N2O/c1-28(34,18-6-10-20(30)11-7-18)14-2-3-21-15-25-23(16-32-21)26-22(12-13-24(31)27(26)33-25)17-4-8-19(29)9-5-17/h4-13,21,32-34H,2-3,14-16H2,1H3. The lowest BCUT2D eigenvalue weighted by Crippen LogP contribution is -2.35. The molecule has 34 heavy (non-hydrogen) atoms. The summed E-state index contributed by atoms with van der Waals surface area (Å²) in [5.74, 6) is -0.928. The Morgan fingerprint density at radius 2 is 1.62 bits per heavy atom. The maximum Gasteiger partial charge on any atom is 0.147 e. The van der Waals surface area contributed by atoms with Crippen molar-refractivity contribution in [1.29, 1.82) is 0 Å². The zero-order valence-electron chi connectivity index (χ0n) is 19.0. The molecule has 0 amide bonds. The number of halogens is 3. The summed E-state index contributed by atoms with van der Waals surface area (Å²) in [6.07, 6.45) is 2.91. The monoisotopic (exact) mass is 464 g/mol. The molecule has 176 valence electrons. The lowest BCUT2D eigenvalue weighted by molar-refractivity contribution is 0.0441. The van der Waals surface area contributed by atoms with E-state index < -0.39 is 5.60 Å². The Balaban J connectivity index is 1.32. The van der Waals surface area contributed by atoms with Gasteiger partial charge in [0.1, 0.15) is 17.5 Å². The second-order valence-electron chi connectivity index (χ2n) is 9.39. The van der Waals surface area contributed by atoms with Crippen molar-refractivity contribution < 1.29 is 18.3 Å². The number of benzene rings is 3. The molecule has 0 fully saturated rings. The molecule has 0 saturated carbocycles. The van der Waals surface area contributed by atoms with Gasteiger partial charge in [0.2, 0.25) is 0 Å². The van der Waals surface area contributed by atoms with E-state index in [4.69, 9.17) is 0 Å². The first-order valence-corrected chi connectivity index (χ1v) is 11.6. The van der Waals surface area contributed by atoms with Crippen LogP contribution in [0.1, 0.15) is 43.0 Å². The summed E-state index contributed by atoms with van der Waals surface area (Å²) >= 11 is 0. The first-order valence-electron chi connectivity index (χ1n) is 11.6. The van der Waals surface area contributed by atoms with Gasteiger partial charge >= 0.3 is 0 Å². The fourth-order valence-electron chi connectivity index (χ4n) is 5.04. The zero-order chi connectivity index (χ0) is 23.9. The lowest BCUT2D eigenvalue weighted by Gasteiger charge is -2.27. The van der Waals surface area contributed by atoms with Gasteiger partial charge in [-0.25, -0.2) is 13.2 Å². The Kier molecular flexibility index (Phi) is 5.96. The van der Waals surface area contributed by atoms with Crippen molar-refractivity contribution in [2.24, 2.45) is 0 Å². The number of rotatable bonds is 6. The van der Waals surface area contributed by atoms with Gasteiger partial charge < -0.3 is 15.4 Å².